The van der Waals surface area contributed by atoms with Crippen molar-refractivity contribution in [2.75, 3.05) is 7.05 Å². The summed E-state index contributed by atoms with van der Waals surface area (Å²) in [5, 5.41) is 7.67. The third kappa shape index (κ3) is 3.87. The van der Waals surface area contributed by atoms with Crippen LogP contribution in [-0.2, 0) is 20.2 Å². The summed E-state index contributed by atoms with van der Waals surface area (Å²) in [4.78, 5) is 20.1. The SMILES string of the molecule is CNC(=O)C(C)(C)c1ccnc(Oc2cccc(S(N)(=O)=O)c2)n1. The molecule has 0 bridgehead atoms. The Morgan fingerprint density at radius 1 is 1.29 bits per heavy atom. The molecule has 128 valence electrons. The van der Waals surface area contributed by atoms with Gasteiger partial charge in [0, 0.05) is 19.3 Å². The highest BCUT2D eigenvalue weighted by molar-refractivity contribution is 7.89. The topological polar surface area (TPSA) is 124 Å². The quantitative estimate of drug-likeness (QED) is 0.827. The van der Waals surface area contributed by atoms with Crippen LogP contribution in [0.15, 0.2) is 41.4 Å². The number of aromatic nitrogens is 2. The number of primary sulfonamides is 1. The largest absolute Gasteiger partial charge is 0.424 e. The second-order valence-electron chi connectivity index (χ2n) is 5.55. The number of rotatable bonds is 5. The van der Waals surface area contributed by atoms with E-state index in [1.165, 1.54) is 24.4 Å². The monoisotopic (exact) mass is 350 g/mol. The second kappa shape index (κ2) is 6.54. The lowest BCUT2D eigenvalue weighted by molar-refractivity contribution is -0.125. The highest BCUT2D eigenvalue weighted by atomic mass is 32.2. The van der Waals surface area contributed by atoms with Crippen LogP contribution in [0.3, 0.4) is 0 Å². The van der Waals surface area contributed by atoms with E-state index in [2.05, 4.69) is 15.3 Å². The van der Waals surface area contributed by atoms with Crippen molar-refractivity contribution in [3.05, 3.63) is 42.2 Å². The zero-order valence-electron chi connectivity index (χ0n) is 13.5. The smallest absolute Gasteiger partial charge is 0.322 e. The van der Waals surface area contributed by atoms with Crippen LogP contribution in [0.5, 0.6) is 11.8 Å². The normalized spacial score (nSPS) is 11.8. The van der Waals surface area contributed by atoms with Crippen LogP contribution >= 0.6 is 0 Å². The van der Waals surface area contributed by atoms with Crippen LogP contribution in [0.4, 0.5) is 0 Å². The second-order valence-corrected chi connectivity index (χ2v) is 7.11. The lowest BCUT2D eigenvalue weighted by Crippen LogP contribution is -2.38. The molecule has 0 aliphatic rings. The van der Waals surface area contributed by atoms with E-state index in [1.54, 1.807) is 33.0 Å². The van der Waals surface area contributed by atoms with Gasteiger partial charge in [-0.05, 0) is 32.0 Å². The van der Waals surface area contributed by atoms with Gasteiger partial charge in [-0.1, -0.05) is 6.07 Å². The Kier molecular flexibility index (Phi) is 4.86. The summed E-state index contributed by atoms with van der Waals surface area (Å²) >= 11 is 0. The van der Waals surface area contributed by atoms with E-state index in [4.69, 9.17) is 9.88 Å². The van der Waals surface area contributed by atoms with Crippen LogP contribution < -0.4 is 15.2 Å². The van der Waals surface area contributed by atoms with Gasteiger partial charge >= 0.3 is 6.01 Å². The first-order chi connectivity index (χ1) is 11.1. The summed E-state index contributed by atoms with van der Waals surface area (Å²) < 4.78 is 28.2. The fraction of sp³-hybridized carbons (Fsp3) is 0.267. The van der Waals surface area contributed by atoms with Gasteiger partial charge in [-0.25, -0.2) is 18.5 Å². The number of sulfonamides is 1. The molecule has 0 unspecified atom stereocenters. The Morgan fingerprint density at radius 2 is 2.00 bits per heavy atom. The van der Waals surface area contributed by atoms with Gasteiger partial charge < -0.3 is 10.1 Å². The fourth-order valence-electron chi connectivity index (χ4n) is 1.99. The van der Waals surface area contributed by atoms with Crippen LogP contribution in [0.25, 0.3) is 0 Å². The Balaban J connectivity index is 2.33. The van der Waals surface area contributed by atoms with Gasteiger partial charge in [0.05, 0.1) is 16.0 Å². The third-order valence-electron chi connectivity index (χ3n) is 3.41. The molecule has 2 aromatic rings. The van der Waals surface area contributed by atoms with Crippen LogP contribution in [0, 0.1) is 0 Å². The number of nitrogens with zero attached hydrogens (tertiary/aromatic N) is 2. The first kappa shape index (κ1) is 17.8. The minimum absolute atomic E-state index is 0.00366. The summed E-state index contributed by atoms with van der Waals surface area (Å²) in [5.74, 6) is 0.0137. The summed E-state index contributed by atoms with van der Waals surface area (Å²) in [5.41, 5.74) is -0.410. The van der Waals surface area contributed by atoms with E-state index in [0.29, 0.717) is 5.69 Å². The van der Waals surface area contributed by atoms with Crippen molar-refractivity contribution in [3.63, 3.8) is 0 Å². The molecule has 9 heteroatoms. The molecule has 0 atom stereocenters. The molecule has 0 saturated heterocycles. The van der Waals surface area contributed by atoms with Crippen molar-refractivity contribution in [2.24, 2.45) is 5.14 Å². The lowest BCUT2D eigenvalue weighted by atomic mass is 9.88. The number of likely N-dealkylation sites (N-methyl/N-ethyl adjacent to an activating group) is 1. The third-order valence-corrected chi connectivity index (χ3v) is 4.32. The predicted molar refractivity (Wildman–Crippen MR) is 87.0 cm³/mol. The molecule has 0 radical (unpaired) electrons. The van der Waals surface area contributed by atoms with Gasteiger partial charge in [-0.15, -0.1) is 0 Å². The molecule has 0 saturated carbocycles. The number of ether oxygens (including phenoxy) is 1. The van der Waals surface area contributed by atoms with Gasteiger partial charge in [0.1, 0.15) is 5.75 Å². The van der Waals surface area contributed by atoms with Crippen molar-refractivity contribution >= 4 is 15.9 Å². The molecule has 8 nitrogen and oxygen atoms in total. The Bertz CT molecular complexity index is 865. The van der Waals surface area contributed by atoms with Crippen molar-refractivity contribution in [2.45, 2.75) is 24.2 Å². The van der Waals surface area contributed by atoms with Crippen LogP contribution in [-0.4, -0.2) is 31.3 Å². The first-order valence-electron chi connectivity index (χ1n) is 7.01. The van der Waals surface area contributed by atoms with Gasteiger partial charge in [0.25, 0.3) is 0 Å². The maximum absolute atomic E-state index is 12.0. The van der Waals surface area contributed by atoms with E-state index in [0.717, 1.165) is 0 Å². The number of benzene rings is 1. The molecule has 1 aromatic heterocycles. The highest BCUT2D eigenvalue weighted by Crippen LogP contribution is 2.25. The number of carbonyl (C=O) groups excluding carboxylic acids is 1. The van der Waals surface area contributed by atoms with Gasteiger partial charge in [-0.3, -0.25) is 4.79 Å². The van der Waals surface area contributed by atoms with E-state index in [-0.39, 0.29) is 22.6 Å². The number of nitrogens with one attached hydrogen (secondary N) is 1. The summed E-state index contributed by atoms with van der Waals surface area (Å²) in [6.07, 6.45) is 1.46. The van der Waals surface area contributed by atoms with Crippen molar-refractivity contribution < 1.29 is 17.9 Å². The molecule has 1 heterocycles. The number of nitrogens with two attached hydrogens (primary N) is 1. The first-order valence-corrected chi connectivity index (χ1v) is 8.55. The zero-order valence-corrected chi connectivity index (χ0v) is 14.3. The van der Waals surface area contributed by atoms with Gasteiger partial charge in [0.15, 0.2) is 0 Å². The number of carbonyl (C=O) groups is 1. The zero-order chi connectivity index (χ0) is 18.0. The van der Waals surface area contributed by atoms with Gasteiger partial charge in [0.2, 0.25) is 15.9 Å². The van der Waals surface area contributed by atoms with E-state index in [9.17, 15) is 13.2 Å². The van der Waals surface area contributed by atoms with Crippen molar-refractivity contribution in [1.82, 2.24) is 15.3 Å². The van der Waals surface area contributed by atoms with Crippen molar-refractivity contribution in [3.8, 4) is 11.8 Å². The van der Waals surface area contributed by atoms with Gasteiger partial charge in [-0.2, -0.15) is 4.98 Å². The lowest BCUT2D eigenvalue weighted by Gasteiger charge is -2.21. The van der Waals surface area contributed by atoms with Crippen LogP contribution in [0.2, 0.25) is 0 Å². The molecular weight excluding hydrogens is 332 g/mol. The summed E-state index contributed by atoms with van der Waals surface area (Å²) in [6.45, 7) is 3.44. The van der Waals surface area contributed by atoms with Crippen molar-refractivity contribution in [1.29, 1.82) is 0 Å². The molecule has 1 aromatic carbocycles. The average Bonchev–Trinajstić information content (AvgIpc) is 2.53. The maximum Gasteiger partial charge on any atom is 0.322 e. The highest BCUT2D eigenvalue weighted by Gasteiger charge is 2.31. The number of amides is 1. The molecule has 0 spiro atoms. The molecule has 0 aliphatic heterocycles. The van der Waals surface area contributed by atoms with E-state index < -0.39 is 15.4 Å². The number of hydrogen-bond acceptors (Lipinski definition) is 6. The Labute approximate surface area is 140 Å². The molecule has 2 rings (SSSR count). The molecular formula is C15H18N4O4S. The number of hydrogen-bond donors (Lipinski definition) is 2. The standard InChI is InChI=1S/C15H18N4O4S/c1-15(2,13(20)17-3)12-7-8-18-14(19-12)23-10-5-4-6-11(9-10)24(16,21)22/h4-9H,1-3H3,(H,17,20)(H2,16,21,22). The Hall–Kier alpha value is -2.52. The maximum atomic E-state index is 12.0. The minimum Gasteiger partial charge on any atom is -0.424 e. The average molecular weight is 350 g/mol. The Morgan fingerprint density at radius 3 is 2.62 bits per heavy atom. The predicted octanol–water partition coefficient (Wildman–Crippen LogP) is 0.940. The summed E-state index contributed by atoms with van der Waals surface area (Å²) in [6, 6.07) is 7.28. The molecule has 1 amide bonds. The molecule has 0 fully saturated rings. The van der Waals surface area contributed by atoms with E-state index in [1.807, 2.05) is 0 Å². The summed E-state index contributed by atoms with van der Waals surface area (Å²) in [7, 11) is -2.29. The molecule has 24 heavy (non-hydrogen) atoms. The fourth-order valence-corrected chi connectivity index (χ4v) is 2.54. The van der Waals surface area contributed by atoms with E-state index >= 15 is 0 Å². The minimum atomic E-state index is -3.84. The molecule has 0 aliphatic carbocycles. The van der Waals surface area contributed by atoms with Crippen LogP contribution in [0.1, 0.15) is 19.5 Å². The molecule has 3 N–H and O–H groups in total.